The van der Waals surface area contributed by atoms with Gasteiger partial charge in [0, 0.05) is 13.0 Å². The predicted octanol–water partition coefficient (Wildman–Crippen LogP) is 2.51. The summed E-state index contributed by atoms with van der Waals surface area (Å²) in [4.78, 5) is 36.4. The zero-order valence-corrected chi connectivity index (χ0v) is 13.4. The Balaban J connectivity index is 3.00. The van der Waals surface area contributed by atoms with E-state index in [1.54, 1.807) is 20.8 Å². The molecule has 2 amide bonds. The van der Waals surface area contributed by atoms with Crippen LogP contribution in [0.3, 0.4) is 0 Å². The molecule has 9 heteroatoms. The Hall–Kier alpha value is -1.80. The van der Waals surface area contributed by atoms with E-state index in [0.717, 1.165) is 7.11 Å². The first-order valence-electron chi connectivity index (χ1n) is 7.03. The van der Waals surface area contributed by atoms with Crippen molar-refractivity contribution in [2.45, 2.75) is 45.4 Å². The van der Waals surface area contributed by atoms with Gasteiger partial charge < -0.3 is 9.47 Å². The molecule has 1 saturated heterocycles. The largest absolute Gasteiger partial charge is 0.468 e. The van der Waals surface area contributed by atoms with Crippen LogP contribution in [0.1, 0.15) is 33.6 Å². The van der Waals surface area contributed by atoms with Gasteiger partial charge >= 0.3 is 18.2 Å². The molecule has 1 heterocycles. The van der Waals surface area contributed by atoms with Crippen molar-refractivity contribution in [3.63, 3.8) is 0 Å². The van der Waals surface area contributed by atoms with E-state index in [4.69, 9.17) is 4.74 Å². The molecule has 0 spiro atoms. The van der Waals surface area contributed by atoms with Crippen LogP contribution in [0.25, 0.3) is 0 Å². The Morgan fingerprint density at radius 1 is 1.26 bits per heavy atom. The van der Waals surface area contributed by atoms with E-state index in [-0.39, 0.29) is 6.42 Å². The molecule has 0 saturated carbocycles. The highest BCUT2D eigenvalue weighted by Gasteiger charge is 2.46. The molecule has 1 rings (SSSR count). The number of likely N-dealkylation sites (tertiary alicyclic amines) is 1. The molecule has 0 radical (unpaired) electrons. The van der Waals surface area contributed by atoms with Crippen LogP contribution >= 0.6 is 0 Å². The summed E-state index contributed by atoms with van der Waals surface area (Å²) in [5.74, 6) is -4.38. The van der Waals surface area contributed by atoms with Gasteiger partial charge in [0.15, 0.2) is 0 Å². The Morgan fingerprint density at radius 3 is 2.26 bits per heavy atom. The highest BCUT2D eigenvalue weighted by Crippen LogP contribution is 2.33. The summed E-state index contributed by atoms with van der Waals surface area (Å²) in [6, 6.07) is 0. The standard InChI is InChI=1S/C14H20F3NO5/c1-13(2,3)23-12(21)18-7-8(6-14(15,16)17)5-9(10(18)19)11(20)22-4/h8-9H,5-7H2,1-4H3. The van der Waals surface area contributed by atoms with Gasteiger partial charge in [-0.1, -0.05) is 0 Å². The first-order valence-corrected chi connectivity index (χ1v) is 7.03. The molecule has 2 unspecified atom stereocenters. The number of hydrogen-bond acceptors (Lipinski definition) is 5. The fraction of sp³-hybridized carbons (Fsp3) is 0.786. The van der Waals surface area contributed by atoms with E-state index >= 15 is 0 Å². The van der Waals surface area contributed by atoms with Crippen LogP contribution in [0.4, 0.5) is 18.0 Å². The molecule has 0 bridgehead atoms. The number of hydrogen-bond donors (Lipinski definition) is 0. The van der Waals surface area contributed by atoms with E-state index in [2.05, 4.69) is 4.74 Å². The Labute approximate surface area is 131 Å². The normalized spacial score (nSPS) is 22.7. The molecule has 0 aromatic rings. The molecule has 2 atom stereocenters. The Kier molecular flexibility index (Phi) is 5.65. The third-order valence-electron chi connectivity index (χ3n) is 3.19. The highest BCUT2D eigenvalue weighted by molar-refractivity contribution is 6.04. The quantitative estimate of drug-likeness (QED) is 0.571. The van der Waals surface area contributed by atoms with E-state index in [1.807, 2.05) is 0 Å². The van der Waals surface area contributed by atoms with Gasteiger partial charge in [0.25, 0.3) is 0 Å². The van der Waals surface area contributed by atoms with Crippen molar-refractivity contribution in [1.29, 1.82) is 0 Å². The van der Waals surface area contributed by atoms with Crippen LogP contribution in [0, 0.1) is 11.8 Å². The third kappa shape index (κ3) is 5.72. The molecule has 1 fully saturated rings. The van der Waals surface area contributed by atoms with Gasteiger partial charge in [-0.2, -0.15) is 13.2 Å². The van der Waals surface area contributed by atoms with Crippen molar-refractivity contribution in [3.05, 3.63) is 0 Å². The topological polar surface area (TPSA) is 72.9 Å². The van der Waals surface area contributed by atoms with E-state index in [9.17, 15) is 27.6 Å². The summed E-state index contributed by atoms with van der Waals surface area (Å²) in [6.07, 6.45) is -7.05. The number of ether oxygens (including phenoxy) is 2. The number of imide groups is 1. The average Bonchev–Trinajstić information content (AvgIpc) is 2.35. The Morgan fingerprint density at radius 2 is 1.83 bits per heavy atom. The second kappa shape index (κ2) is 6.76. The molecule has 132 valence electrons. The van der Waals surface area contributed by atoms with Gasteiger partial charge in [-0.05, 0) is 33.1 Å². The van der Waals surface area contributed by atoms with Crippen LogP contribution in [-0.4, -0.2) is 48.3 Å². The van der Waals surface area contributed by atoms with Gasteiger partial charge in [-0.3, -0.25) is 9.59 Å². The van der Waals surface area contributed by atoms with Crippen LogP contribution in [0.15, 0.2) is 0 Å². The van der Waals surface area contributed by atoms with E-state index in [0.29, 0.717) is 4.90 Å². The molecular weight excluding hydrogens is 319 g/mol. The van der Waals surface area contributed by atoms with Gasteiger partial charge in [-0.15, -0.1) is 0 Å². The first kappa shape index (κ1) is 19.2. The lowest BCUT2D eigenvalue weighted by Gasteiger charge is -2.35. The molecule has 1 aliphatic heterocycles. The minimum Gasteiger partial charge on any atom is -0.468 e. The molecule has 0 aliphatic carbocycles. The van der Waals surface area contributed by atoms with Crippen molar-refractivity contribution in [2.24, 2.45) is 11.8 Å². The SMILES string of the molecule is COC(=O)C1CC(CC(F)(F)F)CN(C(=O)OC(C)(C)C)C1=O. The minimum atomic E-state index is -4.47. The number of alkyl halides is 3. The summed E-state index contributed by atoms with van der Waals surface area (Å²) in [5.41, 5.74) is -0.922. The fourth-order valence-electron chi connectivity index (χ4n) is 2.34. The van der Waals surface area contributed by atoms with Gasteiger partial charge in [0.1, 0.15) is 11.5 Å². The van der Waals surface area contributed by atoms with Crippen LogP contribution < -0.4 is 0 Å². The molecule has 1 aliphatic rings. The van der Waals surface area contributed by atoms with Gasteiger partial charge in [-0.25, -0.2) is 9.69 Å². The number of carbonyl (C=O) groups is 3. The van der Waals surface area contributed by atoms with E-state index in [1.165, 1.54) is 0 Å². The van der Waals surface area contributed by atoms with Crippen molar-refractivity contribution in [3.8, 4) is 0 Å². The monoisotopic (exact) mass is 339 g/mol. The maximum atomic E-state index is 12.6. The lowest BCUT2D eigenvalue weighted by atomic mass is 9.86. The number of amides is 2. The smallest absolute Gasteiger partial charge is 0.417 e. The minimum absolute atomic E-state index is 0.315. The summed E-state index contributed by atoms with van der Waals surface area (Å²) >= 11 is 0. The summed E-state index contributed by atoms with van der Waals surface area (Å²) in [7, 11) is 1.03. The average molecular weight is 339 g/mol. The molecular formula is C14H20F3NO5. The number of halogens is 3. The maximum Gasteiger partial charge on any atom is 0.417 e. The predicted molar refractivity (Wildman–Crippen MR) is 72.2 cm³/mol. The van der Waals surface area contributed by atoms with Gasteiger partial charge in [0.05, 0.1) is 7.11 Å². The number of rotatable bonds is 2. The second-order valence-corrected chi connectivity index (χ2v) is 6.43. The third-order valence-corrected chi connectivity index (χ3v) is 3.19. The number of methoxy groups -OCH3 is 1. The molecule has 0 aromatic carbocycles. The second-order valence-electron chi connectivity index (χ2n) is 6.43. The summed E-state index contributed by atoms with van der Waals surface area (Å²) < 4.78 is 47.3. The Bertz CT molecular complexity index is 484. The number of esters is 1. The van der Waals surface area contributed by atoms with Crippen molar-refractivity contribution in [2.75, 3.05) is 13.7 Å². The number of carbonyl (C=O) groups excluding carboxylic acids is 3. The lowest BCUT2D eigenvalue weighted by molar-refractivity contribution is -0.166. The zero-order valence-electron chi connectivity index (χ0n) is 13.4. The molecule has 23 heavy (non-hydrogen) atoms. The first-order chi connectivity index (χ1) is 10.3. The fourth-order valence-corrected chi connectivity index (χ4v) is 2.34. The van der Waals surface area contributed by atoms with Crippen molar-refractivity contribution in [1.82, 2.24) is 4.90 Å². The highest BCUT2D eigenvalue weighted by atomic mass is 19.4. The van der Waals surface area contributed by atoms with Gasteiger partial charge in [0.2, 0.25) is 5.91 Å². The summed E-state index contributed by atoms with van der Waals surface area (Å²) in [5, 5.41) is 0. The molecule has 6 nitrogen and oxygen atoms in total. The van der Waals surface area contributed by atoms with Crippen LogP contribution in [0.2, 0.25) is 0 Å². The lowest BCUT2D eigenvalue weighted by Crippen LogP contribution is -2.52. The van der Waals surface area contributed by atoms with Crippen molar-refractivity contribution < 1.29 is 37.0 Å². The number of nitrogens with zero attached hydrogens (tertiary/aromatic N) is 1. The maximum absolute atomic E-state index is 12.6. The van der Waals surface area contributed by atoms with Crippen LogP contribution in [0.5, 0.6) is 0 Å². The number of piperidine rings is 1. The van der Waals surface area contributed by atoms with Crippen molar-refractivity contribution >= 4 is 18.0 Å². The molecule has 0 N–H and O–H groups in total. The zero-order chi connectivity index (χ0) is 18.0. The molecule has 0 aromatic heterocycles. The van der Waals surface area contributed by atoms with Crippen LogP contribution in [-0.2, 0) is 19.1 Å². The summed E-state index contributed by atoms with van der Waals surface area (Å²) in [6.45, 7) is 4.24. The van der Waals surface area contributed by atoms with E-state index < -0.39 is 54.5 Å².